The number of aryl methyl sites for hydroxylation is 1. The van der Waals surface area contributed by atoms with Crippen LogP contribution in [0.5, 0.6) is 0 Å². The summed E-state index contributed by atoms with van der Waals surface area (Å²) in [6.45, 7) is 1.42. The Kier molecular flexibility index (Phi) is 4.44. The van der Waals surface area contributed by atoms with Crippen LogP contribution < -0.4 is 5.32 Å². The minimum absolute atomic E-state index is 0.198. The number of nitrogens with zero attached hydrogens (tertiary/aromatic N) is 4. The van der Waals surface area contributed by atoms with Gasteiger partial charge in [-0.1, -0.05) is 0 Å². The first-order valence-electron chi connectivity index (χ1n) is 7.74. The number of likely N-dealkylation sites (tertiary alicyclic amines) is 1. The number of halogens is 3. The van der Waals surface area contributed by atoms with Crippen molar-refractivity contribution in [2.75, 3.05) is 19.6 Å². The van der Waals surface area contributed by atoms with Gasteiger partial charge in [-0.3, -0.25) is 9.69 Å². The van der Waals surface area contributed by atoms with Gasteiger partial charge in [0.05, 0.1) is 12.1 Å². The number of rotatable bonds is 4. The lowest BCUT2D eigenvalue weighted by atomic mass is 10.2. The third-order valence-electron chi connectivity index (χ3n) is 4.08. The zero-order valence-corrected chi connectivity index (χ0v) is 13.2. The number of carbonyl (C=O) groups is 1. The molecule has 130 valence electrons. The molecule has 1 fully saturated rings. The number of carbonyl (C=O) groups excluding carboxylic acids is 1. The van der Waals surface area contributed by atoms with Crippen LogP contribution in [0, 0.1) is 6.92 Å². The summed E-state index contributed by atoms with van der Waals surface area (Å²) in [5.74, 6) is 0.269. The molecule has 1 amide bonds. The number of fused-ring (bicyclic) bond motifs is 1. The van der Waals surface area contributed by atoms with E-state index >= 15 is 0 Å². The molecule has 1 aliphatic rings. The topological polar surface area (TPSA) is 62.5 Å². The van der Waals surface area contributed by atoms with Crippen molar-refractivity contribution in [2.45, 2.75) is 32.0 Å². The van der Waals surface area contributed by atoms with Crippen molar-refractivity contribution >= 4 is 11.6 Å². The highest BCUT2D eigenvalue weighted by Gasteiger charge is 2.36. The molecule has 0 radical (unpaired) electrons. The van der Waals surface area contributed by atoms with Gasteiger partial charge in [-0.05, 0) is 38.4 Å². The van der Waals surface area contributed by atoms with Gasteiger partial charge in [-0.25, -0.2) is 9.50 Å². The first-order valence-corrected chi connectivity index (χ1v) is 7.74. The van der Waals surface area contributed by atoms with Gasteiger partial charge in [0, 0.05) is 18.8 Å². The van der Waals surface area contributed by atoms with E-state index in [9.17, 15) is 18.0 Å². The van der Waals surface area contributed by atoms with Crippen molar-refractivity contribution in [2.24, 2.45) is 0 Å². The zero-order valence-electron chi connectivity index (χ0n) is 13.2. The molecule has 0 aromatic carbocycles. The molecule has 9 heteroatoms. The number of nitrogens with one attached hydrogen (secondary N) is 1. The van der Waals surface area contributed by atoms with Crippen LogP contribution in [-0.4, -0.2) is 57.3 Å². The molecule has 3 heterocycles. The fourth-order valence-electron chi connectivity index (χ4n) is 3.01. The van der Waals surface area contributed by atoms with Crippen molar-refractivity contribution in [1.29, 1.82) is 0 Å². The summed E-state index contributed by atoms with van der Waals surface area (Å²) >= 11 is 0. The highest BCUT2D eigenvalue weighted by molar-refractivity contribution is 5.94. The van der Waals surface area contributed by atoms with Gasteiger partial charge in [0.15, 0.2) is 5.65 Å². The third kappa shape index (κ3) is 3.84. The monoisotopic (exact) mass is 341 g/mol. The first-order chi connectivity index (χ1) is 11.3. The zero-order chi connectivity index (χ0) is 17.3. The molecule has 2 aromatic rings. The van der Waals surface area contributed by atoms with Crippen molar-refractivity contribution < 1.29 is 18.0 Å². The number of hydrogen-bond donors (Lipinski definition) is 1. The summed E-state index contributed by atoms with van der Waals surface area (Å²) < 4.78 is 39.2. The van der Waals surface area contributed by atoms with Gasteiger partial charge in [-0.15, -0.1) is 0 Å². The summed E-state index contributed by atoms with van der Waals surface area (Å²) in [7, 11) is 0. The van der Waals surface area contributed by atoms with Crippen molar-refractivity contribution in [3.8, 4) is 0 Å². The Morgan fingerprint density at radius 2 is 2.21 bits per heavy atom. The van der Waals surface area contributed by atoms with E-state index in [0.717, 1.165) is 0 Å². The summed E-state index contributed by atoms with van der Waals surface area (Å²) in [5, 5.41) is 6.86. The van der Waals surface area contributed by atoms with Crippen molar-refractivity contribution in [3.63, 3.8) is 0 Å². The molecule has 1 N–H and O–H groups in total. The van der Waals surface area contributed by atoms with Gasteiger partial charge < -0.3 is 5.32 Å². The molecule has 0 saturated carbocycles. The van der Waals surface area contributed by atoms with Crippen LogP contribution in [-0.2, 0) is 0 Å². The number of amides is 1. The Morgan fingerprint density at radius 1 is 1.42 bits per heavy atom. The molecule has 24 heavy (non-hydrogen) atoms. The molecule has 1 atom stereocenters. The van der Waals surface area contributed by atoms with Crippen molar-refractivity contribution in [3.05, 3.63) is 29.7 Å². The van der Waals surface area contributed by atoms with Gasteiger partial charge >= 0.3 is 6.18 Å². The Hall–Kier alpha value is -2.16. The predicted octanol–water partition coefficient (Wildman–Crippen LogP) is 1.79. The highest BCUT2D eigenvalue weighted by atomic mass is 19.4. The van der Waals surface area contributed by atoms with Crippen LogP contribution in [0.25, 0.3) is 5.65 Å². The van der Waals surface area contributed by atoms with Gasteiger partial charge in [-0.2, -0.15) is 18.3 Å². The fraction of sp³-hybridized carbons (Fsp3) is 0.533. The number of aromatic nitrogens is 3. The second-order valence-electron chi connectivity index (χ2n) is 5.97. The molecule has 1 aliphatic heterocycles. The van der Waals surface area contributed by atoms with E-state index in [-0.39, 0.29) is 18.5 Å². The van der Waals surface area contributed by atoms with Crippen LogP contribution in [0.4, 0.5) is 13.2 Å². The lowest BCUT2D eigenvalue weighted by molar-refractivity contribution is -0.147. The standard InChI is InChI=1S/C15H18F3N5O/c1-10-20-13-5-4-11(8-23(13)21-10)14(24)19-7-12-3-2-6-22(12)9-15(16,17)18/h4-5,8,12H,2-3,6-7,9H2,1H3,(H,19,24). The molecule has 3 rings (SSSR count). The maximum Gasteiger partial charge on any atom is 0.401 e. The van der Waals surface area contributed by atoms with E-state index in [4.69, 9.17) is 0 Å². The quantitative estimate of drug-likeness (QED) is 0.921. The lowest BCUT2D eigenvalue weighted by Crippen LogP contribution is -2.44. The smallest absolute Gasteiger partial charge is 0.350 e. The molecule has 6 nitrogen and oxygen atoms in total. The minimum atomic E-state index is -4.22. The summed E-state index contributed by atoms with van der Waals surface area (Å²) in [5.41, 5.74) is 1.03. The van der Waals surface area contributed by atoms with Gasteiger partial charge in [0.1, 0.15) is 5.82 Å². The van der Waals surface area contributed by atoms with Gasteiger partial charge in [0.2, 0.25) is 0 Å². The lowest BCUT2D eigenvalue weighted by Gasteiger charge is -2.25. The predicted molar refractivity (Wildman–Crippen MR) is 80.7 cm³/mol. The van der Waals surface area contributed by atoms with E-state index in [0.29, 0.717) is 36.4 Å². The second kappa shape index (κ2) is 6.39. The van der Waals surface area contributed by atoms with E-state index in [1.165, 1.54) is 9.42 Å². The Bertz CT molecular complexity index is 742. The molecule has 2 aromatic heterocycles. The first kappa shape index (κ1) is 16.7. The molecule has 1 unspecified atom stereocenters. The minimum Gasteiger partial charge on any atom is -0.350 e. The summed E-state index contributed by atoms with van der Waals surface area (Å²) in [6.07, 6.45) is -1.30. The highest BCUT2D eigenvalue weighted by Crippen LogP contribution is 2.23. The van der Waals surface area contributed by atoms with Crippen LogP contribution in [0.15, 0.2) is 18.3 Å². The Labute approximate surface area is 136 Å². The van der Waals surface area contributed by atoms with Crippen LogP contribution in [0.1, 0.15) is 29.0 Å². The average molecular weight is 341 g/mol. The maximum atomic E-state index is 12.6. The molecule has 1 saturated heterocycles. The average Bonchev–Trinajstić information content (AvgIpc) is 3.07. The van der Waals surface area contributed by atoms with E-state index < -0.39 is 12.7 Å². The number of hydrogen-bond acceptors (Lipinski definition) is 4. The molecular formula is C15H18F3N5O. The van der Waals surface area contributed by atoms with Crippen LogP contribution in [0.2, 0.25) is 0 Å². The van der Waals surface area contributed by atoms with E-state index in [2.05, 4.69) is 15.4 Å². The maximum absolute atomic E-state index is 12.6. The SMILES string of the molecule is Cc1nc2ccc(C(=O)NCC3CCCN3CC(F)(F)F)cn2n1. The van der Waals surface area contributed by atoms with Crippen LogP contribution in [0.3, 0.4) is 0 Å². The molecular weight excluding hydrogens is 323 g/mol. The Morgan fingerprint density at radius 3 is 2.96 bits per heavy atom. The molecule has 0 spiro atoms. The summed E-state index contributed by atoms with van der Waals surface area (Å²) in [6, 6.07) is 3.02. The largest absolute Gasteiger partial charge is 0.401 e. The van der Waals surface area contributed by atoms with Crippen molar-refractivity contribution in [1.82, 2.24) is 24.8 Å². The second-order valence-corrected chi connectivity index (χ2v) is 5.97. The normalized spacial score (nSPS) is 19.1. The Balaban J connectivity index is 1.61. The van der Waals surface area contributed by atoms with Gasteiger partial charge in [0.25, 0.3) is 5.91 Å². The van der Waals surface area contributed by atoms with E-state index in [1.54, 1.807) is 25.3 Å². The third-order valence-corrected chi connectivity index (χ3v) is 4.08. The van der Waals surface area contributed by atoms with Crippen LogP contribution >= 0.6 is 0 Å². The molecule has 0 bridgehead atoms. The summed E-state index contributed by atoms with van der Waals surface area (Å²) in [4.78, 5) is 17.8. The van der Waals surface area contributed by atoms with E-state index in [1.807, 2.05) is 0 Å². The fourth-order valence-corrected chi connectivity index (χ4v) is 3.01. The molecule has 0 aliphatic carbocycles. The number of pyridine rings is 1. The number of alkyl halides is 3.